The average Bonchev–Trinajstić information content (AvgIpc) is 2.39. The summed E-state index contributed by atoms with van der Waals surface area (Å²) in [6, 6.07) is 2.85. The van der Waals surface area contributed by atoms with Crippen LogP contribution in [-0.2, 0) is 10.0 Å². The Morgan fingerprint density at radius 1 is 1.38 bits per heavy atom. The monoisotopic (exact) mass is 317 g/mol. The third-order valence-corrected chi connectivity index (χ3v) is 4.87. The molecule has 0 saturated heterocycles. The van der Waals surface area contributed by atoms with E-state index in [0.29, 0.717) is 19.0 Å². The average molecular weight is 317 g/mol. The zero-order valence-electron chi connectivity index (χ0n) is 13.0. The largest absolute Gasteiger partial charge is 0.396 e. The Balaban J connectivity index is 2.66. The Morgan fingerprint density at radius 3 is 2.52 bits per heavy atom. The zero-order valence-corrected chi connectivity index (χ0v) is 13.8. The van der Waals surface area contributed by atoms with Crippen molar-refractivity contribution in [3.8, 4) is 0 Å². The third kappa shape index (κ3) is 4.94. The third-order valence-electron chi connectivity index (χ3n) is 3.43. The van der Waals surface area contributed by atoms with E-state index in [2.05, 4.69) is 23.5 Å². The molecule has 0 fully saturated rings. The number of rotatable bonds is 7. The number of sulfonamides is 1. The minimum Gasteiger partial charge on any atom is -0.396 e. The maximum atomic E-state index is 13.4. The van der Waals surface area contributed by atoms with Crippen LogP contribution in [0, 0.1) is 12.7 Å². The number of nitrogens with zero attached hydrogens (tertiary/aromatic N) is 1. The van der Waals surface area contributed by atoms with Gasteiger partial charge in [0, 0.05) is 12.6 Å². The van der Waals surface area contributed by atoms with Gasteiger partial charge >= 0.3 is 0 Å². The fourth-order valence-electron chi connectivity index (χ4n) is 1.79. The zero-order chi connectivity index (χ0) is 16.2. The molecule has 0 aliphatic rings. The van der Waals surface area contributed by atoms with E-state index in [1.807, 2.05) is 7.05 Å². The van der Waals surface area contributed by atoms with Crippen molar-refractivity contribution in [2.24, 2.45) is 0 Å². The molecule has 0 aliphatic heterocycles. The number of hydrogen-bond acceptors (Lipinski definition) is 4. The van der Waals surface area contributed by atoms with E-state index in [0.717, 1.165) is 12.6 Å². The SMILES string of the molecule is Cc1cc(S(=O)(=O)NCCCN(C)C(C)C)cc(N)c1F. The highest BCUT2D eigenvalue weighted by Crippen LogP contribution is 2.20. The molecule has 0 atom stereocenters. The normalized spacial score (nSPS) is 12.3. The summed E-state index contributed by atoms with van der Waals surface area (Å²) >= 11 is 0. The number of nitrogens with one attached hydrogen (secondary N) is 1. The molecule has 120 valence electrons. The summed E-state index contributed by atoms with van der Waals surface area (Å²) in [7, 11) is -1.67. The number of benzene rings is 1. The fourth-order valence-corrected chi connectivity index (χ4v) is 2.99. The maximum absolute atomic E-state index is 13.4. The first-order valence-electron chi connectivity index (χ1n) is 6.90. The lowest BCUT2D eigenvalue weighted by molar-refractivity contribution is 0.271. The lowest BCUT2D eigenvalue weighted by atomic mass is 10.2. The molecule has 0 radical (unpaired) electrons. The number of halogens is 1. The van der Waals surface area contributed by atoms with Gasteiger partial charge in [0.1, 0.15) is 5.82 Å². The highest BCUT2D eigenvalue weighted by atomic mass is 32.2. The molecule has 1 aromatic rings. The van der Waals surface area contributed by atoms with E-state index in [4.69, 9.17) is 5.73 Å². The van der Waals surface area contributed by atoms with Gasteiger partial charge in [0.05, 0.1) is 10.6 Å². The Bertz CT molecular complexity index is 565. The van der Waals surface area contributed by atoms with E-state index in [1.165, 1.54) is 13.0 Å². The number of nitrogens with two attached hydrogens (primary N) is 1. The standard InChI is InChI=1S/C14H24FN3O2S/c1-10(2)18(4)7-5-6-17-21(19,20)12-8-11(3)14(15)13(16)9-12/h8-10,17H,5-7,16H2,1-4H3. The number of hydrogen-bond donors (Lipinski definition) is 2. The van der Waals surface area contributed by atoms with Gasteiger partial charge in [-0.05, 0) is 58.5 Å². The van der Waals surface area contributed by atoms with E-state index >= 15 is 0 Å². The summed E-state index contributed by atoms with van der Waals surface area (Å²) in [5.74, 6) is -0.576. The number of aryl methyl sites for hydroxylation is 1. The first-order valence-corrected chi connectivity index (χ1v) is 8.39. The van der Waals surface area contributed by atoms with Crippen LogP contribution in [0.5, 0.6) is 0 Å². The van der Waals surface area contributed by atoms with E-state index in [-0.39, 0.29) is 16.1 Å². The molecular formula is C14H24FN3O2S. The van der Waals surface area contributed by atoms with Crippen LogP contribution >= 0.6 is 0 Å². The first kappa shape index (κ1) is 17.9. The van der Waals surface area contributed by atoms with Gasteiger partial charge in [-0.25, -0.2) is 17.5 Å². The van der Waals surface area contributed by atoms with Crippen molar-refractivity contribution in [3.63, 3.8) is 0 Å². The lowest BCUT2D eigenvalue weighted by Gasteiger charge is -2.20. The molecule has 0 aromatic heterocycles. The number of nitrogen functional groups attached to an aromatic ring is 1. The summed E-state index contributed by atoms with van der Waals surface area (Å²) in [5.41, 5.74) is 5.53. The molecule has 21 heavy (non-hydrogen) atoms. The predicted molar refractivity (Wildman–Crippen MR) is 83.1 cm³/mol. The van der Waals surface area contributed by atoms with Crippen molar-refractivity contribution in [3.05, 3.63) is 23.5 Å². The molecule has 3 N–H and O–H groups in total. The van der Waals surface area contributed by atoms with E-state index in [1.54, 1.807) is 0 Å². The summed E-state index contributed by atoms with van der Waals surface area (Å²) in [6.07, 6.45) is 0.698. The Labute approximate surface area is 126 Å². The molecular weight excluding hydrogens is 293 g/mol. The minimum absolute atomic E-state index is 0.00360. The van der Waals surface area contributed by atoms with Crippen molar-refractivity contribution >= 4 is 15.7 Å². The van der Waals surface area contributed by atoms with Crippen LogP contribution in [0.2, 0.25) is 0 Å². The van der Waals surface area contributed by atoms with Crippen molar-refractivity contribution in [2.45, 2.75) is 38.1 Å². The second kappa shape index (κ2) is 7.20. The summed E-state index contributed by atoms with van der Waals surface area (Å²) < 4.78 is 40.2. The predicted octanol–water partition coefficient (Wildman–Crippen LogP) is 1.72. The van der Waals surface area contributed by atoms with Crippen LogP contribution in [-0.4, -0.2) is 39.5 Å². The first-order chi connectivity index (χ1) is 9.65. The van der Waals surface area contributed by atoms with Crippen molar-refractivity contribution in [2.75, 3.05) is 25.9 Å². The van der Waals surface area contributed by atoms with Gasteiger partial charge in [-0.15, -0.1) is 0 Å². The second-order valence-corrected chi connectivity index (χ2v) is 7.24. The summed E-state index contributed by atoms with van der Waals surface area (Å²) in [5, 5.41) is 0. The van der Waals surface area contributed by atoms with Gasteiger partial charge in [-0.3, -0.25) is 0 Å². The van der Waals surface area contributed by atoms with Crippen molar-refractivity contribution in [1.82, 2.24) is 9.62 Å². The van der Waals surface area contributed by atoms with Gasteiger partial charge in [0.15, 0.2) is 0 Å². The Hall–Kier alpha value is -1.18. The van der Waals surface area contributed by atoms with E-state index < -0.39 is 15.8 Å². The molecule has 0 bridgehead atoms. The van der Waals surface area contributed by atoms with Crippen LogP contribution in [0.25, 0.3) is 0 Å². The molecule has 1 rings (SSSR count). The fraction of sp³-hybridized carbons (Fsp3) is 0.571. The molecule has 0 amide bonds. The van der Waals surface area contributed by atoms with Crippen LogP contribution in [0.3, 0.4) is 0 Å². The molecule has 7 heteroatoms. The van der Waals surface area contributed by atoms with Gasteiger partial charge in [0.2, 0.25) is 10.0 Å². The van der Waals surface area contributed by atoms with Crippen LogP contribution in [0.15, 0.2) is 17.0 Å². The van der Waals surface area contributed by atoms with E-state index in [9.17, 15) is 12.8 Å². The van der Waals surface area contributed by atoms with Gasteiger partial charge in [0.25, 0.3) is 0 Å². The smallest absolute Gasteiger partial charge is 0.240 e. The molecule has 1 aromatic carbocycles. The van der Waals surface area contributed by atoms with Gasteiger partial charge < -0.3 is 10.6 Å². The molecule has 5 nitrogen and oxygen atoms in total. The topological polar surface area (TPSA) is 75.4 Å². The van der Waals surface area contributed by atoms with Crippen molar-refractivity contribution in [1.29, 1.82) is 0 Å². The molecule has 0 unspecified atom stereocenters. The maximum Gasteiger partial charge on any atom is 0.240 e. The highest BCUT2D eigenvalue weighted by Gasteiger charge is 2.17. The quantitative estimate of drug-likeness (QED) is 0.593. The second-order valence-electron chi connectivity index (χ2n) is 5.47. The van der Waals surface area contributed by atoms with Crippen LogP contribution in [0.4, 0.5) is 10.1 Å². The molecule has 0 heterocycles. The van der Waals surface area contributed by atoms with Gasteiger partial charge in [-0.1, -0.05) is 0 Å². The molecule has 0 spiro atoms. The van der Waals surface area contributed by atoms with Crippen LogP contribution in [0.1, 0.15) is 25.8 Å². The van der Waals surface area contributed by atoms with Crippen LogP contribution < -0.4 is 10.5 Å². The lowest BCUT2D eigenvalue weighted by Crippen LogP contribution is -2.31. The number of anilines is 1. The highest BCUT2D eigenvalue weighted by molar-refractivity contribution is 7.89. The Kier molecular flexibility index (Phi) is 6.12. The summed E-state index contributed by atoms with van der Waals surface area (Å²) in [4.78, 5) is 2.13. The molecule has 0 aliphatic carbocycles. The minimum atomic E-state index is -3.66. The van der Waals surface area contributed by atoms with Crippen molar-refractivity contribution < 1.29 is 12.8 Å². The van der Waals surface area contributed by atoms with Gasteiger partial charge in [-0.2, -0.15) is 0 Å². The summed E-state index contributed by atoms with van der Waals surface area (Å²) in [6.45, 7) is 6.77. The Morgan fingerprint density at radius 2 is 2.00 bits per heavy atom. The molecule has 0 saturated carbocycles.